The molecule has 2 rings (SSSR count). The van der Waals surface area contributed by atoms with Gasteiger partial charge in [-0.25, -0.2) is 0 Å². The topological polar surface area (TPSA) is 20.3 Å². The average Bonchev–Trinajstić information content (AvgIpc) is 2.66. The summed E-state index contributed by atoms with van der Waals surface area (Å²) >= 11 is 0. The molecule has 1 aliphatic heterocycles. The van der Waals surface area contributed by atoms with Crippen LogP contribution in [0.25, 0.3) is 6.08 Å². The van der Waals surface area contributed by atoms with Crippen LogP contribution in [0.1, 0.15) is 12.0 Å². The second-order valence-corrected chi connectivity index (χ2v) is 3.84. The molecule has 1 aromatic carbocycles. The highest BCUT2D eigenvalue weighted by molar-refractivity contribution is 5.82. The first kappa shape index (κ1) is 10.1. The van der Waals surface area contributed by atoms with Crippen molar-refractivity contribution in [3.63, 3.8) is 0 Å². The van der Waals surface area contributed by atoms with Crippen molar-refractivity contribution in [3.8, 4) is 0 Å². The number of carbonyl (C=O) groups excluding carboxylic acids is 1. The van der Waals surface area contributed by atoms with E-state index in [9.17, 15) is 4.79 Å². The van der Waals surface area contributed by atoms with Crippen LogP contribution < -0.4 is 0 Å². The number of hydrogen-bond acceptors (Lipinski definition) is 2. The monoisotopic (exact) mass is 201 g/mol. The number of carbonyl (C=O) groups is 1. The molecule has 0 unspecified atom stereocenters. The second-order valence-electron chi connectivity index (χ2n) is 3.84. The van der Waals surface area contributed by atoms with Crippen molar-refractivity contribution in [2.45, 2.75) is 6.42 Å². The minimum Gasteiger partial charge on any atom is -0.298 e. The normalized spacial score (nSPS) is 17.7. The Bertz CT molecular complexity index is 356. The number of hydrogen-bond donors (Lipinski definition) is 0. The van der Waals surface area contributed by atoms with Crippen molar-refractivity contribution >= 4 is 11.9 Å². The number of Topliss-reactive ketones (excluding diaryl/α,β-unsaturated/α-hetero) is 1. The standard InChI is InChI=1S/C13H15NO/c15-13-8-10-14(11-13)9-4-7-12-5-2-1-3-6-12/h1-7H,8-11H2/b7-4+. The molecule has 0 N–H and O–H groups in total. The summed E-state index contributed by atoms with van der Waals surface area (Å²) in [5.41, 5.74) is 1.21. The average molecular weight is 201 g/mol. The molecule has 2 nitrogen and oxygen atoms in total. The van der Waals surface area contributed by atoms with Gasteiger partial charge in [0.1, 0.15) is 5.78 Å². The maximum absolute atomic E-state index is 11.0. The van der Waals surface area contributed by atoms with E-state index in [1.54, 1.807) is 0 Å². The van der Waals surface area contributed by atoms with Crippen LogP contribution in [-0.4, -0.2) is 30.3 Å². The lowest BCUT2D eigenvalue weighted by atomic mass is 10.2. The summed E-state index contributed by atoms with van der Waals surface area (Å²) in [5.74, 6) is 0.364. The Hall–Kier alpha value is -1.41. The zero-order valence-corrected chi connectivity index (χ0v) is 8.73. The molecule has 1 heterocycles. The van der Waals surface area contributed by atoms with Gasteiger partial charge in [-0.1, -0.05) is 42.5 Å². The zero-order valence-electron chi connectivity index (χ0n) is 8.73. The smallest absolute Gasteiger partial charge is 0.148 e. The van der Waals surface area contributed by atoms with Gasteiger partial charge in [0, 0.05) is 19.5 Å². The van der Waals surface area contributed by atoms with Crippen molar-refractivity contribution in [2.24, 2.45) is 0 Å². The predicted octanol–water partition coefficient (Wildman–Crippen LogP) is 1.97. The van der Waals surface area contributed by atoms with Crippen LogP contribution in [0.5, 0.6) is 0 Å². The summed E-state index contributed by atoms with van der Waals surface area (Å²) in [4.78, 5) is 13.2. The molecule has 0 bridgehead atoms. The van der Waals surface area contributed by atoms with Gasteiger partial charge in [-0.3, -0.25) is 9.69 Å². The van der Waals surface area contributed by atoms with Gasteiger partial charge in [-0.2, -0.15) is 0 Å². The van der Waals surface area contributed by atoms with Crippen molar-refractivity contribution < 1.29 is 4.79 Å². The molecule has 2 heteroatoms. The lowest BCUT2D eigenvalue weighted by molar-refractivity contribution is -0.116. The number of nitrogens with zero attached hydrogens (tertiary/aromatic N) is 1. The van der Waals surface area contributed by atoms with Crippen LogP contribution in [0, 0.1) is 0 Å². The van der Waals surface area contributed by atoms with Crippen molar-refractivity contribution in [2.75, 3.05) is 19.6 Å². The first-order valence-corrected chi connectivity index (χ1v) is 5.30. The first-order valence-electron chi connectivity index (χ1n) is 5.30. The van der Waals surface area contributed by atoms with Gasteiger partial charge in [-0.05, 0) is 5.56 Å². The lowest BCUT2D eigenvalue weighted by Gasteiger charge is -2.09. The van der Waals surface area contributed by atoms with E-state index in [0.29, 0.717) is 12.3 Å². The van der Waals surface area contributed by atoms with Gasteiger partial charge < -0.3 is 0 Å². The van der Waals surface area contributed by atoms with Gasteiger partial charge in [0.15, 0.2) is 0 Å². The third kappa shape index (κ3) is 3.03. The SMILES string of the molecule is O=C1CCN(C/C=C/c2ccccc2)C1. The van der Waals surface area contributed by atoms with Crippen LogP contribution in [0.3, 0.4) is 0 Å². The molecule has 15 heavy (non-hydrogen) atoms. The minimum atomic E-state index is 0.364. The molecule has 78 valence electrons. The largest absolute Gasteiger partial charge is 0.298 e. The van der Waals surface area contributed by atoms with Crippen LogP contribution in [0.2, 0.25) is 0 Å². The van der Waals surface area contributed by atoms with E-state index in [2.05, 4.69) is 29.2 Å². The Kier molecular flexibility index (Phi) is 3.30. The summed E-state index contributed by atoms with van der Waals surface area (Å²) < 4.78 is 0. The van der Waals surface area contributed by atoms with Crippen molar-refractivity contribution in [3.05, 3.63) is 42.0 Å². The first-order chi connectivity index (χ1) is 7.34. The highest BCUT2D eigenvalue weighted by Gasteiger charge is 2.17. The van der Waals surface area contributed by atoms with E-state index in [1.165, 1.54) is 5.56 Å². The van der Waals surface area contributed by atoms with Crippen molar-refractivity contribution in [1.82, 2.24) is 4.90 Å². The number of rotatable bonds is 3. The fourth-order valence-electron chi connectivity index (χ4n) is 1.75. The van der Waals surface area contributed by atoms with Gasteiger partial charge >= 0.3 is 0 Å². The zero-order chi connectivity index (χ0) is 10.5. The van der Waals surface area contributed by atoms with E-state index in [4.69, 9.17) is 0 Å². The third-order valence-electron chi connectivity index (χ3n) is 2.58. The fraction of sp³-hybridized carbons (Fsp3) is 0.308. The number of likely N-dealkylation sites (tertiary alicyclic amines) is 1. The maximum atomic E-state index is 11.0. The van der Waals surface area contributed by atoms with E-state index >= 15 is 0 Å². The Labute approximate surface area is 90.2 Å². The van der Waals surface area contributed by atoms with Crippen LogP contribution in [-0.2, 0) is 4.79 Å². The summed E-state index contributed by atoms with van der Waals surface area (Å²) in [6, 6.07) is 10.2. The highest BCUT2D eigenvalue weighted by atomic mass is 16.1. The second kappa shape index (κ2) is 4.89. The molecule has 0 aliphatic carbocycles. The van der Waals surface area contributed by atoms with Crippen LogP contribution in [0.4, 0.5) is 0 Å². The molecule has 1 aromatic rings. The van der Waals surface area contributed by atoms with Gasteiger partial charge in [-0.15, -0.1) is 0 Å². The summed E-state index contributed by atoms with van der Waals surface area (Å²) in [5, 5.41) is 0. The highest BCUT2D eigenvalue weighted by Crippen LogP contribution is 2.05. The molecule has 1 aliphatic rings. The Morgan fingerprint density at radius 2 is 2.07 bits per heavy atom. The molecule has 0 saturated carbocycles. The minimum absolute atomic E-state index is 0.364. The summed E-state index contributed by atoms with van der Waals surface area (Å²) in [6.07, 6.45) is 4.94. The lowest BCUT2D eigenvalue weighted by Crippen LogP contribution is -2.20. The van der Waals surface area contributed by atoms with Crippen LogP contribution >= 0.6 is 0 Å². The third-order valence-corrected chi connectivity index (χ3v) is 2.58. The molecule has 0 atom stereocenters. The van der Waals surface area contributed by atoms with Gasteiger partial charge in [0.2, 0.25) is 0 Å². The van der Waals surface area contributed by atoms with E-state index in [0.717, 1.165) is 19.5 Å². The molecule has 0 spiro atoms. The predicted molar refractivity (Wildman–Crippen MR) is 61.5 cm³/mol. The summed E-state index contributed by atoms with van der Waals surface area (Å²) in [7, 11) is 0. The molecule has 1 fully saturated rings. The van der Waals surface area contributed by atoms with Gasteiger partial charge in [0.05, 0.1) is 6.54 Å². The Morgan fingerprint density at radius 3 is 2.73 bits per heavy atom. The quantitative estimate of drug-likeness (QED) is 0.745. The number of benzene rings is 1. The Morgan fingerprint density at radius 1 is 1.27 bits per heavy atom. The fourth-order valence-corrected chi connectivity index (χ4v) is 1.75. The molecule has 0 radical (unpaired) electrons. The Balaban J connectivity index is 1.83. The molecule has 1 saturated heterocycles. The van der Waals surface area contributed by atoms with E-state index in [-0.39, 0.29) is 0 Å². The van der Waals surface area contributed by atoms with E-state index < -0.39 is 0 Å². The van der Waals surface area contributed by atoms with Gasteiger partial charge in [0.25, 0.3) is 0 Å². The molecular formula is C13H15NO. The molecule has 0 amide bonds. The van der Waals surface area contributed by atoms with E-state index in [1.807, 2.05) is 18.2 Å². The van der Waals surface area contributed by atoms with Crippen LogP contribution in [0.15, 0.2) is 36.4 Å². The summed E-state index contributed by atoms with van der Waals surface area (Å²) in [6.45, 7) is 2.41. The van der Waals surface area contributed by atoms with Crippen molar-refractivity contribution in [1.29, 1.82) is 0 Å². The molecule has 0 aromatic heterocycles. The number of ketones is 1. The molecular weight excluding hydrogens is 186 g/mol. The maximum Gasteiger partial charge on any atom is 0.148 e.